The Hall–Kier alpha value is -2.67. The van der Waals surface area contributed by atoms with Gasteiger partial charge in [-0.1, -0.05) is 12.1 Å². The van der Waals surface area contributed by atoms with Crippen LogP contribution in [0.5, 0.6) is 0 Å². The number of nitriles is 1. The first kappa shape index (κ1) is 14.3. The SMILES string of the molecule is N#C[C@@H]1CCCN(C(=O)c2ccc(-c3ccncc3)cc2)C1. The van der Waals surface area contributed by atoms with E-state index in [2.05, 4.69) is 11.1 Å². The molecule has 1 saturated heterocycles. The van der Waals surface area contributed by atoms with Gasteiger partial charge in [-0.3, -0.25) is 9.78 Å². The summed E-state index contributed by atoms with van der Waals surface area (Å²) in [4.78, 5) is 18.3. The lowest BCUT2D eigenvalue weighted by Crippen LogP contribution is -2.39. The van der Waals surface area contributed by atoms with Crippen LogP contribution in [0.15, 0.2) is 48.8 Å². The summed E-state index contributed by atoms with van der Waals surface area (Å²) in [5, 5.41) is 9.03. The normalized spacial score (nSPS) is 17.8. The standard InChI is InChI=1S/C18H17N3O/c19-12-14-2-1-11-21(13-14)18(22)17-5-3-15(4-6-17)16-7-9-20-10-8-16/h3-10,14H,1-2,11,13H2/t14-/m0/s1. The summed E-state index contributed by atoms with van der Waals surface area (Å²) in [6.45, 7) is 1.28. The van der Waals surface area contributed by atoms with Crippen molar-refractivity contribution in [2.24, 2.45) is 5.92 Å². The minimum absolute atomic E-state index is 0.0150. The molecule has 0 unspecified atom stereocenters. The van der Waals surface area contributed by atoms with E-state index in [4.69, 9.17) is 5.26 Å². The molecule has 0 saturated carbocycles. The second-order valence-corrected chi connectivity index (χ2v) is 5.53. The third-order valence-corrected chi connectivity index (χ3v) is 4.04. The molecule has 1 aromatic heterocycles. The van der Waals surface area contributed by atoms with E-state index < -0.39 is 0 Å². The number of pyridine rings is 1. The third kappa shape index (κ3) is 2.99. The van der Waals surface area contributed by atoms with Gasteiger partial charge in [-0.2, -0.15) is 5.26 Å². The molecule has 2 heterocycles. The van der Waals surface area contributed by atoms with Gasteiger partial charge in [-0.05, 0) is 48.2 Å². The molecule has 2 aromatic rings. The lowest BCUT2D eigenvalue weighted by Gasteiger charge is -2.29. The predicted octanol–water partition coefficient (Wildman–Crippen LogP) is 3.12. The largest absolute Gasteiger partial charge is 0.337 e. The zero-order valence-electron chi connectivity index (χ0n) is 12.3. The molecular weight excluding hydrogens is 274 g/mol. The first-order valence-electron chi connectivity index (χ1n) is 7.47. The smallest absolute Gasteiger partial charge is 0.253 e. The summed E-state index contributed by atoms with van der Waals surface area (Å²) in [6, 6.07) is 13.8. The van der Waals surface area contributed by atoms with Gasteiger partial charge in [0.25, 0.3) is 5.91 Å². The Bertz CT molecular complexity index is 689. The van der Waals surface area contributed by atoms with Crippen LogP contribution in [0.4, 0.5) is 0 Å². The maximum atomic E-state index is 12.5. The van der Waals surface area contributed by atoms with E-state index in [0.717, 1.165) is 30.5 Å². The fraction of sp³-hybridized carbons (Fsp3) is 0.278. The predicted molar refractivity (Wildman–Crippen MR) is 83.9 cm³/mol. The van der Waals surface area contributed by atoms with Gasteiger partial charge in [0.2, 0.25) is 0 Å². The quantitative estimate of drug-likeness (QED) is 0.854. The molecule has 0 N–H and O–H groups in total. The highest BCUT2D eigenvalue weighted by atomic mass is 16.2. The fourth-order valence-corrected chi connectivity index (χ4v) is 2.80. The van der Waals surface area contributed by atoms with Gasteiger partial charge in [0.15, 0.2) is 0 Å². The number of rotatable bonds is 2. The monoisotopic (exact) mass is 291 g/mol. The van der Waals surface area contributed by atoms with Gasteiger partial charge in [-0.15, -0.1) is 0 Å². The lowest BCUT2D eigenvalue weighted by molar-refractivity contribution is 0.0699. The molecule has 3 rings (SSSR count). The Labute approximate surface area is 130 Å². The Morgan fingerprint density at radius 2 is 1.82 bits per heavy atom. The second-order valence-electron chi connectivity index (χ2n) is 5.53. The van der Waals surface area contributed by atoms with Crippen molar-refractivity contribution < 1.29 is 4.79 Å². The molecule has 0 bridgehead atoms. The Morgan fingerprint density at radius 1 is 1.14 bits per heavy atom. The van der Waals surface area contributed by atoms with Crippen molar-refractivity contribution in [3.8, 4) is 17.2 Å². The van der Waals surface area contributed by atoms with E-state index in [1.807, 2.05) is 36.4 Å². The molecule has 110 valence electrons. The van der Waals surface area contributed by atoms with E-state index in [9.17, 15) is 4.79 Å². The maximum Gasteiger partial charge on any atom is 0.253 e. The van der Waals surface area contributed by atoms with E-state index in [1.165, 1.54) is 0 Å². The summed E-state index contributed by atoms with van der Waals surface area (Å²) in [5.74, 6) is -0.0185. The topological polar surface area (TPSA) is 57.0 Å². The number of amides is 1. The molecule has 1 amide bonds. The van der Waals surface area contributed by atoms with Gasteiger partial charge in [0.05, 0.1) is 12.0 Å². The number of carbonyl (C=O) groups is 1. The van der Waals surface area contributed by atoms with E-state index in [0.29, 0.717) is 12.1 Å². The van der Waals surface area contributed by atoms with Gasteiger partial charge in [-0.25, -0.2) is 0 Å². The summed E-state index contributed by atoms with van der Waals surface area (Å²) in [5.41, 5.74) is 2.82. The van der Waals surface area contributed by atoms with Crippen molar-refractivity contribution in [2.75, 3.05) is 13.1 Å². The van der Waals surface area contributed by atoms with Crippen LogP contribution >= 0.6 is 0 Å². The minimum atomic E-state index is -0.0335. The average molecular weight is 291 g/mol. The van der Waals surface area contributed by atoms with Crippen molar-refractivity contribution in [1.29, 1.82) is 5.26 Å². The molecule has 1 aliphatic rings. The maximum absolute atomic E-state index is 12.5. The van der Waals surface area contributed by atoms with Crippen LogP contribution in [0.1, 0.15) is 23.2 Å². The van der Waals surface area contributed by atoms with Crippen molar-refractivity contribution in [2.45, 2.75) is 12.8 Å². The summed E-state index contributed by atoms with van der Waals surface area (Å²) < 4.78 is 0. The van der Waals surface area contributed by atoms with Gasteiger partial charge < -0.3 is 4.90 Å². The Balaban J connectivity index is 1.75. The highest BCUT2D eigenvalue weighted by Crippen LogP contribution is 2.21. The summed E-state index contributed by atoms with van der Waals surface area (Å²) in [6.07, 6.45) is 5.30. The molecule has 1 aromatic carbocycles. The van der Waals surface area contributed by atoms with Crippen LogP contribution in [-0.4, -0.2) is 28.9 Å². The van der Waals surface area contributed by atoms with Crippen LogP contribution in [-0.2, 0) is 0 Å². The number of benzene rings is 1. The molecule has 4 nitrogen and oxygen atoms in total. The number of nitrogens with zero attached hydrogens (tertiary/aromatic N) is 3. The van der Waals surface area contributed by atoms with Crippen molar-refractivity contribution in [1.82, 2.24) is 9.88 Å². The number of likely N-dealkylation sites (tertiary alicyclic amines) is 1. The van der Waals surface area contributed by atoms with E-state index >= 15 is 0 Å². The zero-order chi connectivity index (χ0) is 15.4. The molecule has 0 spiro atoms. The summed E-state index contributed by atoms with van der Waals surface area (Å²) in [7, 11) is 0. The third-order valence-electron chi connectivity index (χ3n) is 4.04. The van der Waals surface area contributed by atoms with Crippen molar-refractivity contribution in [3.63, 3.8) is 0 Å². The van der Waals surface area contributed by atoms with Crippen LogP contribution in [0.25, 0.3) is 11.1 Å². The minimum Gasteiger partial charge on any atom is -0.337 e. The average Bonchev–Trinajstić information content (AvgIpc) is 2.62. The highest BCUT2D eigenvalue weighted by molar-refractivity contribution is 5.94. The molecule has 0 aliphatic carbocycles. The first-order chi connectivity index (χ1) is 10.8. The molecule has 22 heavy (non-hydrogen) atoms. The zero-order valence-corrected chi connectivity index (χ0v) is 12.3. The second kappa shape index (κ2) is 6.40. The molecule has 1 aliphatic heterocycles. The first-order valence-corrected chi connectivity index (χ1v) is 7.47. The van der Waals surface area contributed by atoms with Crippen LogP contribution in [0.3, 0.4) is 0 Å². The molecule has 4 heteroatoms. The molecule has 1 fully saturated rings. The Morgan fingerprint density at radius 3 is 2.50 bits per heavy atom. The van der Waals surface area contributed by atoms with Crippen LogP contribution < -0.4 is 0 Å². The van der Waals surface area contributed by atoms with Crippen LogP contribution in [0.2, 0.25) is 0 Å². The molecular formula is C18H17N3O. The Kier molecular flexibility index (Phi) is 4.15. The fourth-order valence-electron chi connectivity index (χ4n) is 2.80. The number of aromatic nitrogens is 1. The number of carbonyl (C=O) groups excluding carboxylic acids is 1. The van der Waals surface area contributed by atoms with Crippen LogP contribution in [0, 0.1) is 17.2 Å². The van der Waals surface area contributed by atoms with Crippen molar-refractivity contribution in [3.05, 3.63) is 54.4 Å². The highest BCUT2D eigenvalue weighted by Gasteiger charge is 2.24. The van der Waals surface area contributed by atoms with Gasteiger partial charge >= 0.3 is 0 Å². The number of hydrogen-bond acceptors (Lipinski definition) is 3. The molecule has 1 atom stereocenters. The van der Waals surface area contributed by atoms with Gasteiger partial charge in [0.1, 0.15) is 0 Å². The van der Waals surface area contributed by atoms with E-state index in [-0.39, 0.29) is 11.8 Å². The summed E-state index contributed by atoms with van der Waals surface area (Å²) >= 11 is 0. The van der Waals surface area contributed by atoms with Gasteiger partial charge in [0, 0.05) is 31.0 Å². The lowest BCUT2D eigenvalue weighted by atomic mass is 9.98. The number of piperidine rings is 1. The van der Waals surface area contributed by atoms with E-state index in [1.54, 1.807) is 17.3 Å². The number of hydrogen-bond donors (Lipinski definition) is 0. The molecule has 0 radical (unpaired) electrons. The van der Waals surface area contributed by atoms with Crippen molar-refractivity contribution >= 4 is 5.91 Å².